The van der Waals surface area contributed by atoms with Crippen molar-refractivity contribution < 1.29 is 9.90 Å². The Balaban J connectivity index is 2.22. The highest BCUT2D eigenvalue weighted by atomic mass is 16.4. The molecule has 2 rings (SSSR count). The molecule has 2 aliphatic carbocycles. The highest BCUT2D eigenvalue weighted by Gasteiger charge is 2.41. The fraction of sp³-hybridized carbons (Fsp3) is 0.800. The molecule has 2 unspecified atom stereocenters. The molecule has 2 nitrogen and oxygen atoms in total. The molecule has 0 saturated heterocycles. The summed E-state index contributed by atoms with van der Waals surface area (Å²) in [5, 5.41) is 9.24. The molecule has 0 bridgehead atoms. The zero-order chi connectivity index (χ0) is 12.6. The molecule has 0 aliphatic heterocycles. The maximum atomic E-state index is 11.2. The third kappa shape index (κ3) is 2.41. The van der Waals surface area contributed by atoms with E-state index in [0.29, 0.717) is 11.8 Å². The van der Waals surface area contributed by atoms with Gasteiger partial charge in [0.05, 0.1) is 5.92 Å². The van der Waals surface area contributed by atoms with Crippen molar-refractivity contribution in [3.8, 4) is 0 Å². The molecule has 0 spiro atoms. The van der Waals surface area contributed by atoms with Crippen LogP contribution < -0.4 is 0 Å². The molecule has 0 aromatic carbocycles. The van der Waals surface area contributed by atoms with E-state index in [2.05, 4.69) is 19.9 Å². The maximum Gasteiger partial charge on any atom is 0.306 e. The summed E-state index contributed by atoms with van der Waals surface area (Å²) in [6.45, 7) is 6.42. The smallest absolute Gasteiger partial charge is 0.306 e. The SMILES string of the molecule is CC1=CC2[C@H](C(C)C(=O)O)CC[C@@H](C)[C@@H]2CC1. The first-order valence-electron chi connectivity index (χ1n) is 6.90. The van der Waals surface area contributed by atoms with E-state index in [1.165, 1.54) is 24.8 Å². The number of carboxylic acid groups (broad SMARTS) is 1. The van der Waals surface area contributed by atoms with Crippen LogP contribution in [0.4, 0.5) is 0 Å². The molecule has 1 saturated carbocycles. The topological polar surface area (TPSA) is 37.3 Å². The number of hydrogen-bond donors (Lipinski definition) is 1. The molecule has 0 heterocycles. The lowest BCUT2D eigenvalue weighted by atomic mass is 9.60. The van der Waals surface area contributed by atoms with Gasteiger partial charge >= 0.3 is 5.97 Å². The van der Waals surface area contributed by atoms with Crippen LogP contribution in [-0.4, -0.2) is 11.1 Å². The molecule has 1 N–H and O–H groups in total. The molecule has 2 aliphatic rings. The number of carbonyl (C=O) groups is 1. The Morgan fingerprint density at radius 1 is 1.41 bits per heavy atom. The van der Waals surface area contributed by atoms with E-state index < -0.39 is 5.97 Å². The van der Waals surface area contributed by atoms with Gasteiger partial charge in [0.2, 0.25) is 0 Å². The van der Waals surface area contributed by atoms with Crippen LogP contribution in [0, 0.1) is 29.6 Å². The van der Waals surface area contributed by atoms with Gasteiger partial charge in [0.15, 0.2) is 0 Å². The molecule has 0 aromatic heterocycles. The number of aliphatic carboxylic acids is 1. The highest BCUT2D eigenvalue weighted by molar-refractivity contribution is 5.70. The van der Waals surface area contributed by atoms with Crippen LogP contribution >= 0.6 is 0 Å². The molecule has 1 fully saturated rings. The molecule has 0 aromatic rings. The zero-order valence-electron chi connectivity index (χ0n) is 11.1. The molecular weight excluding hydrogens is 212 g/mol. The Hall–Kier alpha value is -0.790. The largest absolute Gasteiger partial charge is 0.481 e. The molecule has 17 heavy (non-hydrogen) atoms. The summed E-state index contributed by atoms with van der Waals surface area (Å²) in [6.07, 6.45) is 7.14. The second-order valence-corrected chi connectivity index (χ2v) is 6.14. The second kappa shape index (κ2) is 4.83. The summed E-state index contributed by atoms with van der Waals surface area (Å²) in [6, 6.07) is 0. The highest BCUT2D eigenvalue weighted by Crippen LogP contribution is 2.47. The number of hydrogen-bond acceptors (Lipinski definition) is 1. The third-order valence-electron chi connectivity index (χ3n) is 5.06. The normalized spacial score (nSPS) is 39.1. The summed E-state index contributed by atoms with van der Waals surface area (Å²) in [5.41, 5.74) is 1.46. The van der Waals surface area contributed by atoms with Crippen molar-refractivity contribution in [3.05, 3.63) is 11.6 Å². The van der Waals surface area contributed by atoms with Crippen LogP contribution in [0.3, 0.4) is 0 Å². The molecule has 2 heteroatoms. The van der Waals surface area contributed by atoms with E-state index in [1.807, 2.05) is 6.92 Å². The van der Waals surface area contributed by atoms with Gasteiger partial charge in [0.1, 0.15) is 0 Å². The molecule has 0 radical (unpaired) electrons. The Bertz CT molecular complexity index is 332. The molecule has 96 valence electrons. The minimum Gasteiger partial charge on any atom is -0.481 e. The van der Waals surface area contributed by atoms with Crippen LogP contribution in [-0.2, 0) is 4.79 Å². The Labute approximate surface area is 104 Å². The van der Waals surface area contributed by atoms with Gasteiger partial charge in [-0.2, -0.15) is 0 Å². The van der Waals surface area contributed by atoms with Gasteiger partial charge in [-0.3, -0.25) is 4.79 Å². The van der Waals surface area contributed by atoms with Gasteiger partial charge in [-0.25, -0.2) is 0 Å². The van der Waals surface area contributed by atoms with Crippen molar-refractivity contribution in [2.75, 3.05) is 0 Å². The number of fused-ring (bicyclic) bond motifs is 1. The van der Waals surface area contributed by atoms with Gasteiger partial charge in [0.25, 0.3) is 0 Å². The van der Waals surface area contributed by atoms with Gasteiger partial charge < -0.3 is 5.11 Å². The zero-order valence-corrected chi connectivity index (χ0v) is 11.1. The quantitative estimate of drug-likeness (QED) is 0.742. The third-order valence-corrected chi connectivity index (χ3v) is 5.06. The summed E-state index contributed by atoms with van der Waals surface area (Å²) in [7, 11) is 0. The van der Waals surface area contributed by atoms with Crippen molar-refractivity contribution in [2.24, 2.45) is 29.6 Å². The Morgan fingerprint density at radius 3 is 2.76 bits per heavy atom. The molecule has 5 atom stereocenters. The summed E-state index contributed by atoms with van der Waals surface area (Å²) in [5.74, 6) is 1.53. The van der Waals surface area contributed by atoms with Crippen molar-refractivity contribution in [3.63, 3.8) is 0 Å². The van der Waals surface area contributed by atoms with Crippen molar-refractivity contribution in [2.45, 2.75) is 46.5 Å². The first kappa shape index (κ1) is 12.7. The summed E-state index contributed by atoms with van der Waals surface area (Å²) in [4.78, 5) is 11.2. The lowest BCUT2D eigenvalue weighted by Gasteiger charge is -2.44. The van der Waals surface area contributed by atoms with E-state index in [4.69, 9.17) is 0 Å². The van der Waals surface area contributed by atoms with Crippen LogP contribution in [0.25, 0.3) is 0 Å². The Kier molecular flexibility index (Phi) is 3.60. The van der Waals surface area contributed by atoms with Crippen LogP contribution in [0.1, 0.15) is 46.5 Å². The minimum absolute atomic E-state index is 0.197. The maximum absolute atomic E-state index is 11.2. The van der Waals surface area contributed by atoms with E-state index in [9.17, 15) is 9.90 Å². The van der Waals surface area contributed by atoms with Crippen LogP contribution in [0.5, 0.6) is 0 Å². The fourth-order valence-electron chi connectivity index (χ4n) is 3.86. The van der Waals surface area contributed by atoms with E-state index in [1.54, 1.807) is 0 Å². The van der Waals surface area contributed by atoms with E-state index in [0.717, 1.165) is 18.3 Å². The predicted octanol–water partition coefficient (Wildman–Crippen LogP) is 3.73. The average molecular weight is 236 g/mol. The fourth-order valence-corrected chi connectivity index (χ4v) is 3.86. The van der Waals surface area contributed by atoms with Gasteiger partial charge in [-0.15, -0.1) is 0 Å². The standard InChI is InChI=1S/C15H24O2/c1-9-4-6-12-10(2)5-7-13(14(12)8-9)11(3)15(16)17/h8,10-14H,4-7H2,1-3H3,(H,16,17)/t10-,11?,12+,13+,14?/m1/s1. The van der Waals surface area contributed by atoms with E-state index in [-0.39, 0.29) is 5.92 Å². The van der Waals surface area contributed by atoms with Gasteiger partial charge in [-0.05, 0) is 49.9 Å². The number of allylic oxidation sites excluding steroid dienone is 2. The first-order chi connectivity index (χ1) is 8.00. The first-order valence-corrected chi connectivity index (χ1v) is 6.90. The minimum atomic E-state index is -0.625. The summed E-state index contributed by atoms with van der Waals surface area (Å²) >= 11 is 0. The number of carboxylic acids is 1. The van der Waals surface area contributed by atoms with Crippen molar-refractivity contribution in [1.82, 2.24) is 0 Å². The molecule has 0 amide bonds. The average Bonchev–Trinajstić information content (AvgIpc) is 2.28. The van der Waals surface area contributed by atoms with Gasteiger partial charge in [-0.1, -0.05) is 31.9 Å². The second-order valence-electron chi connectivity index (χ2n) is 6.14. The monoisotopic (exact) mass is 236 g/mol. The van der Waals surface area contributed by atoms with Crippen LogP contribution in [0.2, 0.25) is 0 Å². The van der Waals surface area contributed by atoms with Crippen molar-refractivity contribution in [1.29, 1.82) is 0 Å². The predicted molar refractivity (Wildman–Crippen MR) is 68.7 cm³/mol. The Morgan fingerprint density at radius 2 is 2.12 bits per heavy atom. The van der Waals surface area contributed by atoms with Gasteiger partial charge in [0, 0.05) is 0 Å². The lowest BCUT2D eigenvalue weighted by Crippen LogP contribution is -2.39. The van der Waals surface area contributed by atoms with Crippen molar-refractivity contribution >= 4 is 5.97 Å². The van der Waals surface area contributed by atoms with Crippen LogP contribution in [0.15, 0.2) is 11.6 Å². The lowest BCUT2D eigenvalue weighted by molar-refractivity contribution is -0.144. The molecular formula is C15H24O2. The summed E-state index contributed by atoms with van der Waals surface area (Å²) < 4.78 is 0. The number of rotatable bonds is 2. The van der Waals surface area contributed by atoms with E-state index >= 15 is 0 Å².